The highest BCUT2D eigenvalue weighted by molar-refractivity contribution is 9.10. The van der Waals surface area contributed by atoms with E-state index in [1.807, 2.05) is 30.3 Å². The van der Waals surface area contributed by atoms with Crippen molar-refractivity contribution in [3.05, 3.63) is 63.0 Å². The molecule has 0 aliphatic heterocycles. The van der Waals surface area contributed by atoms with Crippen molar-refractivity contribution < 1.29 is 9.53 Å². The minimum Gasteiger partial charge on any atom is -0.487 e. The normalized spacial score (nSPS) is 10.3. The predicted molar refractivity (Wildman–Crippen MR) is 83.0 cm³/mol. The minimum atomic E-state index is -0.442. The monoisotopic (exact) mass is 350 g/mol. The van der Waals surface area contributed by atoms with E-state index in [1.165, 1.54) is 4.57 Å². The van der Waals surface area contributed by atoms with Gasteiger partial charge in [0.15, 0.2) is 0 Å². The number of halogens is 1. The Morgan fingerprint density at radius 3 is 2.62 bits per heavy atom. The second-order valence-electron chi connectivity index (χ2n) is 4.48. The van der Waals surface area contributed by atoms with Crippen LogP contribution in [0.2, 0.25) is 0 Å². The molecule has 0 atom stereocenters. The van der Waals surface area contributed by atoms with Gasteiger partial charge in [-0.2, -0.15) is 0 Å². The summed E-state index contributed by atoms with van der Waals surface area (Å²) in [5.74, 6) is 0.0293. The molecule has 1 heterocycles. The van der Waals surface area contributed by atoms with Crippen molar-refractivity contribution in [2.45, 2.75) is 19.6 Å². The molecule has 0 bridgehead atoms. The maximum Gasteiger partial charge on any atom is 0.268 e. The van der Waals surface area contributed by atoms with E-state index in [2.05, 4.69) is 15.9 Å². The molecule has 1 amide bonds. The van der Waals surface area contributed by atoms with Gasteiger partial charge >= 0.3 is 0 Å². The van der Waals surface area contributed by atoms with E-state index in [1.54, 1.807) is 12.3 Å². The fourth-order valence-electron chi connectivity index (χ4n) is 1.78. The molecule has 0 radical (unpaired) electrons. The van der Waals surface area contributed by atoms with Crippen molar-refractivity contribution in [2.75, 3.05) is 0 Å². The summed E-state index contributed by atoms with van der Waals surface area (Å²) < 4.78 is 7.39. The van der Waals surface area contributed by atoms with Crippen LogP contribution in [0.5, 0.6) is 5.75 Å². The molecule has 1 aromatic carbocycles. The predicted octanol–water partition coefficient (Wildman–Crippen LogP) is 2.07. The molecule has 0 unspecified atom stereocenters. The van der Waals surface area contributed by atoms with E-state index >= 15 is 0 Å². The lowest BCUT2D eigenvalue weighted by Crippen LogP contribution is -2.23. The highest BCUT2D eigenvalue weighted by atomic mass is 79.9. The zero-order chi connectivity index (χ0) is 15.2. The SMILES string of the molecule is NC(=O)CCn1ccc(OCc2ccccc2)c(Br)c1=O. The Kier molecular flexibility index (Phi) is 5.16. The van der Waals surface area contributed by atoms with Crippen LogP contribution < -0.4 is 16.0 Å². The Morgan fingerprint density at radius 1 is 1.24 bits per heavy atom. The number of amides is 1. The van der Waals surface area contributed by atoms with Gasteiger partial charge in [0, 0.05) is 19.2 Å². The number of carbonyl (C=O) groups excluding carboxylic acids is 1. The second kappa shape index (κ2) is 7.08. The van der Waals surface area contributed by atoms with E-state index in [0.29, 0.717) is 16.8 Å². The molecule has 2 rings (SSSR count). The van der Waals surface area contributed by atoms with Crippen LogP contribution in [0.25, 0.3) is 0 Å². The van der Waals surface area contributed by atoms with Crippen molar-refractivity contribution in [2.24, 2.45) is 5.73 Å². The van der Waals surface area contributed by atoms with Crippen molar-refractivity contribution >= 4 is 21.8 Å². The van der Waals surface area contributed by atoms with Crippen LogP contribution in [0.1, 0.15) is 12.0 Å². The van der Waals surface area contributed by atoms with E-state index in [0.717, 1.165) is 5.56 Å². The Bertz CT molecular complexity index is 683. The maximum atomic E-state index is 12.1. The van der Waals surface area contributed by atoms with Gasteiger partial charge in [0.2, 0.25) is 5.91 Å². The molecular weight excluding hydrogens is 336 g/mol. The van der Waals surface area contributed by atoms with Crippen LogP contribution in [-0.4, -0.2) is 10.5 Å². The van der Waals surface area contributed by atoms with Gasteiger partial charge in [-0.05, 0) is 27.6 Å². The van der Waals surface area contributed by atoms with Gasteiger partial charge in [0.25, 0.3) is 5.56 Å². The number of nitrogens with zero attached hydrogens (tertiary/aromatic N) is 1. The zero-order valence-electron chi connectivity index (χ0n) is 11.3. The Labute approximate surface area is 130 Å². The average molecular weight is 351 g/mol. The second-order valence-corrected chi connectivity index (χ2v) is 5.28. The first-order valence-electron chi connectivity index (χ1n) is 6.42. The molecule has 2 aromatic rings. The summed E-state index contributed by atoms with van der Waals surface area (Å²) in [7, 11) is 0. The fraction of sp³-hybridized carbons (Fsp3) is 0.200. The molecule has 5 nitrogen and oxygen atoms in total. The minimum absolute atomic E-state index is 0.122. The molecule has 0 aliphatic rings. The molecular formula is C15H15BrN2O3. The van der Waals surface area contributed by atoms with Crippen molar-refractivity contribution in [1.29, 1.82) is 0 Å². The lowest BCUT2D eigenvalue weighted by atomic mass is 10.2. The summed E-state index contributed by atoms with van der Waals surface area (Å²) in [6, 6.07) is 11.4. The molecule has 0 spiro atoms. The first-order chi connectivity index (χ1) is 10.1. The topological polar surface area (TPSA) is 74.3 Å². The van der Waals surface area contributed by atoms with Gasteiger partial charge in [-0.3, -0.25) is 9.59 Å². The van der Waals surface area contributed by atoms with Crippen LogP contribution in [0.3, 0.4) is 0 Å². The van der Waals surface area contributed by atoms with Gasteiger partial charge < -0.3 is 15.0 Å². The Hall–Kier alpha value is -2.08. The molecule has 21 heavy (non-hydrogen) atoms. The number of aromatic nitrogens is 1. The van der Waals surface area contributed by atoms with Crippen LogP contribution in [0, 0.1) is 0 Å². The number of benzene rings is 1. The number of carbonyl (C=O) groups is 1. The van der Waals surface area contributed by atoms with Crippen molar-refractivity contribution in [3.8, 4) is 5.75 Å². The van der Waals surface area contributed by atoms with Gasteiger partial charge in [-0.15, -0.1) is 0 Å². The van der Waals surface area contributed by atoms with E-state index in [-0.39, 0.29) is 18.5 Å². The Balaban J connectivity index is 2.09. The number of aryl methyl sites for hydroxylation is 1. The molecule has 110 valence electrons. The molecule has 0 aliphatic carbocycles. The number of rotatable bonds is 6. The third-order valence-electron chi connectivity index (χ3n) is 2.91. The molecule has 0 saturated heterocycles. The number of nitrogens with two attached hydrogens (primary N) is 1. The first kappa shape index (κ1) is 15.3. The van der Waals surface area contributed by atoms with Gasteiger partial charge in [-0.1, -0.05) is 30.3 Å². The smallest absolute Gasteiger partial charge is 0.268 e. The number of hydrogen-bond acceptors (Lipinski definition) is 3. The van der Waals surface area contributed by atoms with Crippen LogP contribution in [0.15, 0.2) is 51.9 Å². The average Bonchev–Trinajstić information content (AvgIpc) is 2.48. The standard InChI is InChI=1S/C15H15BrN2O3/c16-14-12(21-10-11-4-2-1-3-5-11)6-8-18(15(14)20)9-7-13(17)19/h1-6,8H,7,9-10H2,(H2,17,19). The van der Waals surface area contributed by atoms with Crippen molar-refractivity contribution in [1.82, 2.24) is 4.57 Å². The number of pyridine rings is 1. The maximum absolute atomic E-state index is 12.1. The summed E-state index contributed by atoms with van der Waals surface area (Å²) in [6.45, 7) is 0.635. The van der Waals surface area contributed by atoms with Crippen LogP contribution in [0.4, 0.5) is 0 Å². The summed E-state index contributed by atoms with van der Waals surface area (Å²) in [5.41, 5.74) is 5.85. The van der Waals surface area contributed by atoms with E-state index in [4.69, 9.17) is 10.5 Å². The van der Waals surface area contributed by atoms with E-state index in [9.17, 15) is 9.59 Å². The summed E-state index contributed by atoms with van der Waals surface area (Å²) in [4.78, 5) is 22.9. The Morgan fingerprint density at radius 2 is 1.95 bits per heavy atom. The highest BCUT2D eigenvalue weighted by Gasteiger charge is 2.09. The lowest BCUT2D eigenvalue weighted by molar-refractivity contribution is -0.118. The summed E-state index contributed by atoms with van der Waals surface area (Å²) in [5, 5.41) is 0. The highest BCUT2D eigenvalue weighted by Crippen LogP contribution is 2.21. The summed E-state index contributed by atoms with van der Waals surface area (Å²) >= 11 is 3.24. The third-order valence-corrected chi connectivity index (χ3v) is 3.64. The first-order valence-corrected chi connectivity index (χ1v) is 7.21. The molecule has 0 fully saturated rings. The molecule has 0 saturated carbocycles. The number of primary amides is 1. The van der Waals surface area contributed by atoms with Crippen LogP contribution >= 0.6 is 15.9 Å². The van der Waals surface area contributed by atoms with Crippen molar-refractivity contribution in [3.63, 3.8) is 0 Å². The molecule has 2 N–H and O–H groups in total. The van der Waals surface area contributed by atoms with Gasteiger partial charge in [0.1, 0.15) is 16.8 Å². The number of hydrogen-bond donors (Lipinski definition) is 1. The molecule has 1 aromatic heterocycles. The van der Waals surface area contributed by atoms with Crippen LogP contribution in [-0.2, 0) is 17.9 Å². The largest absolute Gasteiger partial charge is 0.487 e. The van der Waals surface area contributed by atoms with E-state index < -0.39 is 5.91 Å². The zero-order valence-corrected chi connectivity index (χ0v) is 12.9. The van der Waals surface area contributed by atoms with Gasteiger partial charge in [0.05, 0.1) is 0 Å². The fourth-order valence-corrected chi connectivity index (χ4v) is 2.26. The quantitative estimate of drug-likeness (QED) is 0.866. The molecule has 6 heteroatoms. The number of ether oxygens (including phenoxy) is 1. The summed E-state index contributed by atoms with van der Waals surface area (Å²) in [6.07, 6.45) is 1.72. The third kappa shape index (κ3) is 4.19. The lowest BCUT2D eigenvalue weighted by Gasteiger charge is -2.10. The van der Waals surface area contributed by atoms with Gasteiger partial charge in [-0.25, -0.2) is 0 Å².